The van der Waals surface area contributed by atoms with Gasteiger partial charge < -0.3 is 10.5 Å². The van der Waals surface area contributed by atoms with Crippen molar-refractivity contribution in [2.75, 3.05) is 0 Å². The van der Waals surface area contributed by atoms with Gasteiger partial charge in [-0.05, 0) is 31.5 Å². The molecule has 0 aliphatic rings. The van der Waals surface area contributed by atoms with Crippen LogP contribution in [0.5, 0.6) is 0 Å². The monoisotopic (exact) mass is 205 g/mol. The lowest BCUT2D eigenvalue weighted by atomic mass is 9.96. The van der Waals surface area contributed by atoms with Gasteiger partial charge in [-0.1, -0.05) is 29.8 Å². The second kappa shape index (κ2) is 5.29. The number of aliphatic carboxylic acids is 1. The molecule has 3 heteroatoms. The molecule has 1 rings (SSSR count). The van der Waals surface area contributed by atoms with Crippen molar-refractivity contribution in [1.29, 1.82) is 5.41 Å². The molecule has 0 amide bonds. The average molecular weight is 205 g/mol. The van der Waals surface area contributed by atoms with Crippen molar-refractivity contribution in [3.05, 3.63) is 35.4 Å². The van der Waals surface area contributed by atoms with E-state index >= 15 is 0 Å². The number of hydrogen-bond donors (Lipinski definition) is 2. The van der Waals surface area contributed by atoms with E-state index in [-0.39, 0.29) is 0 Å². The molecule has 3 nitrogen and oxygen atoms in total. The van der Waals surface area contributed by atoms with Gasteiger partial charge in [0.05, 0.1) is 5.92 Å². The molecule has 0 spiro atoms. The fraction of sp³-hybridized carbons (Fsp3) is 0.333. The molecule has 1 aromatic rings. The molecule has 0 saturated heterocycles. The molecule has 80 valence electrons. The van der Waals surface area contributed by atoms with Gasteiger partial charge >= 0.3 is 5.97 Å². The van der Waals surface area contributed by atoms with Crippen molar-refractivity contribution in [2.45, 2.75) is 19.8 Å². The van der Waals surface area contributed by atoms with Crippen LogP contribution in [0.3, 0.4) is 0 Å². The first-order chi connectivity index (χ1) is 7.13. The van der Waals surface area contributed by atoms with Gasteiger partial charge in [0.2, 0.25) is 0 Å². The van der Waals surface area contributed by atoms with Crippen LogP contribution in [0.4, 0.5) is 0 Å². The summed E-state index contributed by atoms with van der Waals surface area (Å²) in [6.07, 6.45) is 1.95. The number of carboxylic acids is 1. The Hall–Kier alpha value is -1.64. The lowest BCUT2D eigenvalue weighted by Gasteiger charge is -2.09. The first-order valence-corrected chi connectivity index (χ1v) is 4.90. The summed E-state index contributed by atoms with van der Waals surface area (Å²) in [5, 5.41) is 15.9. The number of carbonyl (C=O) groups is 1. The van der Waals surface area contributed by atoms with Crippen molar-refractivity contribution >= 4 is 12.2 Å². The fourth-order valence-electron chi connectivity index (χ4n) is 1.42. The lowest BCUT2D eigenvalue weighted by Crippen LogP contribution is -2.16. The summed E-state index contributed by atoms with van der Waals surface area (Å²) in [4.78, 5) is 10.9. The topological polar surface area (TPSA) is 61.2 Å². The summed E-state index contributed by atoms with van der Waals surface area (Å²) >= 11 is 0. The first kappa shape index (κ1) is 11.4. The smallest absolute Gasteiger partial charge is 0.307 e. The molecule has 0 saturated carbocycles. The summed E-state index contributed by atoms with van der Waals surface area (Å²) < 4.78 is 0. The van der Waals surface area contributed by atoms with Crippen LogP contribution >= 0.6 is 0 Å². The van der Waals surface area contributed by atoms with E-state index in [1.54, 1.807) is 0 Å². The predicted molar refractivity (Wildman–Crippen MR) is 59.4 cm³/mol. The molecule has 0 bridgehead atoms. The molecular weight excluding hydrogens is 190 g/mol. The summed E-state index contributed by atoms with van der Waals surface area (Å²) in [5.74, 6) is -1.32. The molecule has 0 heterocycles. The van der Waals surface area contributed by atoms with Crippen molar-refractivity contribution < 1.29 is 9.90 Å². The van der Waals surface area contributed by atoms with E-state index in [0.717, 1.165) is 17.3 Å². The molecule has 0 radical (unpaired) electrons. The molecule has 0 aliphatic carbocycles. The Kier molecular flexibility index (Phi) is 4.03. The highest BCUT2D eigenvalue weighted by Gasteiger charge is 2.16. The highest BCUT2D eigenvalue weighted by atomic mass is 16.4. The van der Waals surface area contributed by atoms with Crippen LogP contribution in [0.2, 0.25) is 0 Å². The van der Waals surface area contributed by atoms with E-state index in [1.807, 2.05) is 31.2 Å². The van der Waals surface area contributed by atoms with E-state index in [4.69, 9.17) is 10.5 Å². The van der Waals surface area contributed by atoms with Crippen molar-refractivity contribution in [3.8, 4) is 0 Å². The third-order valence-electron chi connectivity index (χ3n) is 2.35. The minimum Gasteiger partial charge on any atom is -0.481 e. The molecule has 1 aromatic carbocycles. The van der Waals surface area contributed by atoms with Gasteiger partial charge in [-0.25, -0.2) is 0 Å². The zero-order chi connectivity index (χ0) is 11.3. The van der Waals surface area contributed by atoms with Crippen LogP contribution < -0.4 is 0 Å². The Morgan fingerprint density at radius 2 is 2.07 bits per heavy atom. The van der Waals surface area contributed by atoms with E-state index < -0.39 is 11.9 Å². The number of aryl methyl sites for hydroxylation is 1. The summed E-state index contributed by atoms with van der Waals surface area (Å²) in [7, 11) is 0. The molecule has 1 atom stereocenters. The standard InChI is InChI=1S/C12H15NO2/c1-9-2-4-10(5-3-9)8-11(6-7-13)12(14)15/h2-5,7,11,13H,6,8H2,1H3,(H,14,15). The number of hydrogen-bond acceptors (Lipinski definition) is 2. The molecule has 0 aromatic heterocycles. The Morgan fingerprint density at radius 3 is 2.53 bits per heavy atom. The second-order valence-corrected chi connectivity index (χ2v) is 3.66. The number of benzene rings is 1. The van der Waals surface area contributed by atoms with Crippen LogP contribution in [0.1, 0.15) is 17.5 Å². The second-order valence-electron chi connectivity index (χ2n) is 3.66. The molecule has 0 fully saturated rings. The van der Waals surface area contributed by atoms with Crippen molar-refractivity contribution in [1.82, 2.24) is 0 Å². The lowest BCUT2D eigenvalue weighted by molar-refractivity contribution is -0.141. The maximum atomic E-state index is 10.9. The average Bonchev–Trinajstić information content (AvgIpc) is 2.20. The highest BCUT2D eigenvalue weighted by Crippen LogP contribution is 2.12. The van der Waals surface area contributed by atoms with Crippen LogP contribution in [-0.2, 0) is 11.2 Å². The van der Waals surface area contributed by atoms with Crippen molar-refractivity contribution in [2.24, 2.45) is 5.92 Å². The number of rotatable bonds is 5. The molecule has 0 aliphatic heterocycles. The Balaban J connectivity index is 2.69. The minimum atomic E-state index is -0.834. The van der Waals surface area contributed by atoms with Gasteiger partial charge in [0.25, 0.3) is 0 Å². The number of carboxylic acid groups (broad SMARTS) is 1. The first-order valence-electron chi connectivity index (χ1n) is 4.90. The van der Waals surface area contributed by atoms with Gasteiger partial charge in [0.1, 0.15) is 0 Å². The third-order valence-corrected chi connectivity index (χ3v) is 2.35. The normalized spacial score (nSPS) is 12.1. The van der Waals surface area contributed by atoms with Crippen LogP contribution in [0.25, 0.3) is 0 Å². The molecule has 15 heavy (non-hydrogen) atoms. The maximum absolute atomic E-state index is 10.9. The SMILES string of the molecule is Cc1ccc(CC(CC=N)C(=O)O)cc1. The third kappa shape index (κ3) is 3.54. The minimum absolute atomic E-state index is 0.295. The van der Waals surface area contributed by atoms with Crippen LogP contribution in [-0.4, -0.2) is 17.3 Å². The quantitative estimate of drug-likeness (QED) is 0.724. The summed E-state index contributed by atoms with van der Waals surface area (Å²) in [5.41, 5.74) is 2.17. The summed E-state index contributed by atoms with van der Waals surface area (Å²) in [6, 6.07) is 7.82. The Morgan fingerprint density at radius 1 is 1.47 bits per heavy atom. The molecule has 1 unspecified atom stereocenters. The summed E-state index contributed by atoms with van der Waals surface area (Å²) in [6.45, 7) is 2.00. The Labute approximate surface area is 89.3 Å². The fourth-order valence-corrected chi connectivity index (χ4v) is 1.42. The molecule has 2 N–H and O–H groups in total. The molecular formula is C12H15NO2. The number of nitrogens with one attached hydrogen (secondary N) is 1. The van der Waals surface area contributed by atoms with Gasteiger partial charge in [0.15, 0.2) is 0 Å². The highest BCUT2D eigenvalue weighted by molar-refractivity contribution is 5.74. The van der Waals surface area contributed by atoms with Gasteiger partial charge in [-0.3, -0.25) is 4.79 Å². The van der Waals surface area contributed by atoms with E-state index in [1.165, 1.54) is 0 Å². The zero-order valence-corrected chi connectivity index (χ0v) is 8.73. The van der Waals surface area contributed by atoms with Crippen molar-refractivity contribution in [3.63, 3.8) is 0 Å². The van der Waals surface area contributed by atoms with Crippen LogP contribution in [0.15, 0.2) is 24.3 Å². The predicted octanol–water partition coefficient (Wildman–Crippen LogP) is 2.28. The van der Waals surface area contributed by atoms with Gasteiger partial charge in [0, 0.05) is 0 Å². The largest absolute Gasteiger partial charge is 0.481 e. The van der Waals surface area contributed by atoms with Gasteiger partial charge in [-0.15, -0.1) is 0 Å². The van der Waals surface area contributed by atoms with Gasteiger partial charge in [-0.2, -0.15) is 0 Å². The Bertz CT molecular complexity index is 343. The van der Waals surface area contributed by atoms with Crippen LogP contribution in [0, 0.1) is 18.3 Å². The van der Waals surface area contributed by atoms with E-state index in [0.29, 0.717) is 12.8 Å². The van der Waals surface area contributed by atoms with E-state index in [9.17, 15) is 4.79 Å². The zero-order valence-electron chi connectivity index (χ0n) is 8.73. The maximum Gasteiger partial charge on any atom is 0.307 e. The van der Waals surface area contributed by atoms with E-state index in [2.05, 4.69) is 0 Å².